The average molecular weight is 375 g/mol. The number of likely N-dealkylation sites (N-methyl/N-ethyl adjacent to an activating group) is 1. The second-order valence-corrected chi connectivity index (χ2v) is 7.24. The number of nitrogens with zero attached hydrogens (tertiary/aromatic N) is 1. The van der Waals surface area contributed by atoms with E-state index in [-0.39, 0.29) is 11.1 Å². The first-order chi connectivity index (χ1) is 13.1. The SMILES string of the molecule is CN1C(=O)S/C(=C\c2ccccc2OCc2ccc3ccccc3c2)C1=O. The molecule has 0 aromatic heterocycles. The Morgan fingerprint density at radius 1 is 0.963 bits per heavy atom. The number of hydrogen-bond donors (Lipinski definition) is 0. The average Bonchev–Trinajstić information content (AvgIpc) is 2.94. The fraction of sp³-hybridized carbons (Fsp3) is 0.0909. The van der Waals surface area contributed by atoms with E-state index in [0.29, 0.717) is 17.3 Å². The van der Waals surface area contributed by atoms with Crippen molar-refractivity contribution in [2.24, 2.45) is 0 Å². The summed E-state index contributed by atoms with van der Waals surface area (Å²) in [6.07, 6.45) is 1.71. The maximum atomic E-state index is 12.1. The van der Waals surface area contributed by atoms with E-state index >= 15 is 0 Å². The van der Waals surface area contributed by atoms with Crippen LogP contribution in [0.4, 0.5) is 4.79 Å². The minimum atomic E-state index is -0.283. The summed E-state index contributed by atoms with van der Waals surface area (Å²) >= 11 is 0.944. The van der Waals surface area contributed by atoms with Crippen molar-refractivity contribution < 1.29 is 14.3 Å². The van der Waals surface area contributed by atoms with Gasteiger partial charge < -0.3 is 4.74 Å². The monoisotopic (exact) mass is 375 g/mol. The molecule has 3 aromatic carbocycles. The second kappa shape index (κ2) is 7.29. The number of benzene rings is 3. The van der Waals surface area contributed by atoms with Crippen LogP contribution in [0.3, 0.4) is 0 Å². The molecular formula is C22H17NO3S. The molecule has 0 atom stereocenters. The third kappa shape index (κ3) is 3.59. The van der Waals surface area contributed by atoms with Crippen LogP contribution in [0.25, 0.3) is 16.8 Å². The highest BCUT2D eigenvalue weighted by molar-refractivity contribution is 8.18. The number of imide groups is 1. The number of rotatable bonds is 4. The van der Waals surface area contributed by atoms with E-state index in [4.69, 9.17) is 4.74 Å². The van der Waals surface area contributed by atoms with Gasteiger partial charge in [0.05, 0.1) is 4.91 Å². The highest BCUT2D eigenvalue weighted by Gasteiger charge is 2.31. The van der Waals surface area contributed by atoms with Crippen LogP contribution in [0.2, 0.25) is 0 Å². The predicted octanol–water partition coefficient (Wildman–Crippen LogP) is 5.08. The summed E-state index contributed by atoms with van der Waals surface area (Å²) in [5.74, 6) is 0.392. The number of amides is 2. The Morgan fingerprint density at radius 3 is 2.48 bits per heavy atom. The van der Waals surface area contributed by atoms with Gasteiger partial charge in [-0.05, 0) is 46.3 Å². The molecule has 0 N–H and O–H groups in total. The summed E-state index contributed by atoms with van der Waals surface area (Å²) in [5.41, 5.74) is 1.84. The molecule has 1 saturated heterocycles. The van der Waals surface area contributed by atoms with Gasteiger partial charge in [-0.25, -0.2) is 0 Å². The fourth-order valence-electron chi connectivity index (χ4n) is 2.91. The molecule has 0 bridgehead atoms. The number of hydrogen-bond acceptors (Lipinski definition) is 4. The van der Waals surface area contributed by atoms with Crippen molar-refractivity contribution in [3.05, 3.63) is 82.8 Å². The smallest absolute Gasteiger partial charge is 0.293 e. The molecule has 4 rings (SSSR count). The minimum absolute atomic E-state index is 0.263. The first-order valence-corrected chi connectivity index (χ1v) is 9.34. The lowest BCUT2D eigenvalue weighted by Gasteiger charge is -2.10. The van der Waals surface area contributed by atoms with Crippen LogP contribution in [-0.2, 0) is 11.4 Å². The molecule has 0 radical (unpaired) electrons. The van der Waals surface area contributed by atoms with Crippen molar-refractivity contribution in [1.29, 1.82) is 0 Å². The summed E-state index contributed by atoms with van der Waals surface area (Å²) in [5, 5.41) is 2.10. The summed E-state index contributed by atoms with van der Waals surface area (Å²) < 4.78 is 6.01. The van der Waals surface area contributed by atoms with Gasteiger partial charge in [-0.1, -0.05) is 54.6 Å². The highest BCUT2D eigenvalue weighted by Crippen LogP contribution is 2.33. The molecule has 1 fully saturated rings. The molecule has 0 saturated carbocycles. The Balaban J connectivity index is 1.56. The van der Waals surface area contributed by atoms with E-state index in [1.54, 1.807) is 6.08 Å². The predicted molar refractivity (Wildman–Crippen MR) is 108 cm³/mol. The zero-order chi connectivity index (χ0) is 18.8. The van der Waals surface area contributed by atoms with Gasteiger partial charge in [0.25, 0.3) is 11.1 Å². The largest absolute Gasteiger partial charge is 0.488 e. The summed E-state index contributed by atoms with van der Waals surface area (Å²) in [6.45, 7) is 0.422. The lowest BCUT2D eigenvalue weighted by atomic mass is 10.1. The molecule has 134 valence electrons. The molecule has 1 heterocycles. The van der Waals surface area contributed by atoms with Gasteiger partial charge in [0, 0.05) is 12.6 Å². The van der Waals surface area contributed by atoms with E-state index in [0.717, 1.165) is 27.8 Å². The van der Waals surface area contributed by atoms with Crippen molar-refractivity contribution in [1.82, 2.24) is 4.90 Å². The molecular weight excluding hydrogens is 358 g/mol. The van der Waals surface area contributed by atoms with Crippen LogP contribution in [0.1, 0.15) is 11.1 Å². The summed E-state index contributed by atoms with van der Waals surface area (Å²) in [7, 11) is 1.49. The molecule has 1 aliphatic heterocycles. The van der Waals surface area contributed by atoms with E-state index in [1.807, 2.05) is 42.5 Å². The Morgan fingerprint density at radius 2 is 1.70 bits per heavy atom. The van der Waals surface area contributed by atoms with Crippen molar-refractivity contribution in [2.75, 3.05) is 7.05 Å². The number of thioether (sulfide) groups is 1. The van der Waals surface area contributed by atoms with Gasteiger partial charge in [0.15, 0.2) is 0 Å². The van der Waals surface area contributed by atoms with Crippen LogP contribution >= 0.6 is 11.8 Å². The standard InChI is InChI=1S/C22H17NO3S/c1-23-21(24)20(27-22(23)25)13-18-8-4-5-9-19(18)26-14-15-10-11-16-6-2-3-7-17(16)12-15/h2-13H,14H2,1H3/b20-13-. The summed E-state index contributed by atoms with van der Waals surface area (Å²) in [6, 6.07) is 21.9. The maximum absolute atomic E-state index is 12.1. The van der Waals surface area contributed by atoms with Crippen LogP contribution < -0.4 is 4.74 Å². The molecule has 0 aliphatic carbocycles. The van der Waals surface area contributed by atoms with Crippen LogP contribution in [0.5, 0.6) is 5.75 Å². The Hall–Kier alpha value is -3.05. The van der Waals surface area contributed by atoms with E-state index in [1.165, 1.54) is 17.8 Å². The zero-order valence-electron chi connectivity index (χ0n) is 14.7. The molecule has 4 nitrogen and oxygen atoms in total. The number of ether oxygens (including phenoxy) is 1. The zero-order valence-corrected chi connectivity index (χ0v) is 15.5. The third-order valence-corrected chi connectivity index (χ3v) is 5.36. The molecule has 5 heteroatoms. The molecule has 2 amide bonds. The molecule has 0 unspecified atom stereocenters. The van der Waals surface area contributed by atoms with Gasteiger partial charge in [0.2, 0.25) is 0 Å². The quantitative estimate of drug-likeness (QED) is 0.596. The van der Waals surface area contributed by atoms with Gasteiger partial charge in [0.1, 0.15) is 12.4 Å². The third-order valence-electron chi connectivity index (χ3n) is 4.40. The van der Waals surface area contributed by atoms with E-state index in [9.17, 15) is 9.59 Å². The minimum Gasteiger partial charge on any atom is -0.488 e. The first-order valence-electron chi connectivity index (χ1n) is 8.53. The number of carbonyl (C=O) groups is 2. The lowest BCUT2D eigenvalue weighted by Crippen LogP contribution is -2.22. The van der Waals surface area contributed by atoms with E-state index in [2.05, 4.69) is 24.3 Å². The molecule has 0 spiro atoms. The normalized spacial score (nSPS) is 15.7. The van der Waals surface area contributed by atoms with Crippen LogP contribution in [0.15, 0.2) is 71.6 Å². The van der Waals surface area contributed by atoms with Gasteiger partial charge in [-0.3, -0.25) is 14.5 Å². The number of fused-ring (bicyclic) bond motifs is 1. The Kier molecular flexibility index (Phi) is 4.69. The molecule has 3 aromatic rings. The lowest BCUT2D eigenvalue weighted by molar-refractivity contribution is -0.121. The molecule has 1 aliphatic rings. The van der Waals surface area contributed by atoms with Crippen molar-refractivity contribution in [2.45, 2.75) is 6.61 Å². The van der Waals surface area contributed by atoms with Gasteiger partial charge in [-0.2, -0.15) is 0 Å². The van der Waals surface area contributed by atoms with Gasteiger partial charge >= 0.3 is 0 Å². The second-order valence-electron chi connectivity index (χ2n) is 6.25. The van der Waals surface area contributed by atoms with Crippen LogP contribution in [-0.4, -0.2) is 23.1 Å². The maximum Gasteiger partial charge on any atom is 0.293 e. The topological polar surface area (TPSA) is 46.6 Å². The van der Waals surface area contributed by atoms with Crippen molar-refractivity contribution >= 4 is 39.8 Å². The van der Waals surface area contributed by atoms with Crippen molar-refractivity contribution in [3.63, 3.8) is 0 Å². The number of carbonyl (C=O) groups excluding carboxylic acids is 2. The Bertz CT molecular complexity index is 1070. The van der Waals surface area contributed by atoms with Crippen molar-refractivity contribution in [3.8, 4) is 5.75 Å². The summed E-state index contributed by atoms with van der Waals surface area (Å²) in [4.78, 5) is 25.3. The highest BCUT2D eigenvalue weighted by atomic mass is 32.2. The molecule has 27 heavy (non-hydrogen) atoms. The van der Waals surface area contributed by atoms with E-state index < -0.39 is 0 Å². The number of para-hydroxylation sites is 1. The fourth-order valence-corrected chi connectivity index (χ4v) is 3.73. The van der Waals surface area contributed by atoms with Gasteiger partial charge in [-0.15, -0.1) is 0 Å². The van der Waals surface area contributed by atoms with Crippen LogP contribution in [0, 0.1) is 0 Å². The first kappa shape index (κ1) is 17.4. The Labute approximate surface area is 161 Å².